The van der Waals surface area contributed by atoms with Gasteiger partial charge in [-0.3, -0.25) is 9.40 Å². The van der Waals surface area contributed by atoms with E-state index in [1.54, 1.807) is 28.4 Å². The van der Waals surface area contributed by atoms with E-state index < -0.39 is 10.0 Å². The Labute approximate surface area is 121 Å². The molecule has 0 aliphatic carbocycles. The highest BCUT2D eigenvalue weighted by atomic mass is 32.2. The molecule has 2 rings (SSSR count). The first-order valence-corrected chi connectivity index (χ1v) is 8.44. The maximum Gasteiger partial charge on any atom is 0.271 e. The molecular formula is C12H14N4O2S2. The fraction of sp³-hybridized carbons (Fsp3) is 0.333. The summed E-state index contributed by atoms with van der Waals surface area (Å²) in [7, 11) is -3.51. The van der Waals surface area contributed by atoms with Gasteiger partial charge in [0.25, 0.3) is 10.0 Å². The van der Waals surface area contributed by atoms with Gasteiger partial charge in [-0.15, -0.1) is 11.3 Å². The molecule has 8 heteroatoms. The molecule has 1 N–H and O–H groups in total. The first-order valence-electron chi connectivity index (χ1n) is 6.07. The van der Waals surface area contributed by atoms with Crippen LogP contribution in [-0.2, 0) is 16.6 Å². The molecule has 20 heavy (non-hydrogen) atoms. The highest BCUT2D eigenvalue weighted by Gasteiger charge is 2.15. The van der Waals surface area contributed by atoms with Crippen LogP contribution in [0.15, 0.2) is 34.1 Å². The summed E-state index contributed by atoms with van der Waals surface area (Å²) in [6.45, 7) is 0.669. The van der Waals surface area contributed by atoms with Gasteiger partial charge in [-0.2, -0.15) is 10.4 Å². The molecule has 0 fully saturated rings. The summed E-state index contributed by atoms with van der Waals surface area (Å²) in [5.41, 5.74) is 0.443. The zero-order chi connectivity index (χ0) is 14.4. The minimum Gasteiger partial charge on any atom is -0.276 e. The summed E-state index contributed by atoms with van der Waals surface area (Å²) in [5.74, 6) is 0. The van der Waals surface area contributed by atoms with Gasteiger partial charge in [0.05, 0.1) is 18.0 Å². The van der Waals surface area contributed by atoms with Crippen LogP contribution in [0, 0.1) is 11.3 Å². The Kier molecular flexibility index (Phi) is 4.76. The zero-order valence-corrected chi connectivity index (χ0v) is 12.3. The maximum atomic E-state index is 12.0. The third-order valence-electron chi connectivity index (χ3n) is 2.57. The minimum absolute atomic E-state index is 0.277. The first kappa shape index (κ1) is 14.6. The number of rotatable bonds is 7. The lowest BCUT2D eigenvalue weighted by molar-refractivity contribution is 0.562. The van der Waals surface area contributed by atoms with Crippen LogP contribution in [0.25, 0.3) is 0 Å². The van der Waals surface area contributed by atoms with Crippen molar-refractivity contribution < 1.29 is 8.42 Å². The van der Waals surface area contributed by atoms with E-state index in [1.807, 2.05) is 0 Å². The molecule has 0 aliphatic heterocycles. The number of thiophene rings is 1. The van der Waals surface area contributed by atoms with E-state index >= 15 is 0 Å². The van der Waals surface area contributed by atoms with Crippen molar-refractivity contribution in [2.45, 2.75) is 30.0 Å². The number of hydrogen-bond acceptors (Lipinski definition) is 5. The summed E-state index contributed by atoms with van der Waals surface area (Å²) in [6, 6.07) is 5.33. The number of anilines is 1. The largest absolute Gasteiger partial charge is 0.276 e. The second kappa shape index (κ2) is 6.54. The number of nitrogens with zero attached hydrogens (tertiary/aromatic N) is 3. The van der Waals surface area contributed by atoms with E-state index in [0.717, 1.165) is 12.8 Å². The molecule has 0 atom stereocenters. The fourth-order valence-corrected chi connectivity index (χ4v) is 3.66. The number of sulfonamides is 1. The van der Waals surface area contributed by atoms with Gasteiger partial charge in [0.1, 0.15) is 4.21 Å². The molecule has 6 nitrogen and oxygen atoms in total. The molecule has 2 aromatic heterocycles. The van der Waals surface area contributed by atoms with Crippen molar-refractivity contribution in [2.75, 3.05) is 4.72 Å². The van der Waals surface area contributed by atoms with E-state index in [-0.39, 0.29) is 4.21 Å². The number of aromatic nitrogens is 2. The molecule has 2 heterocycles. The molecular weight excluding hydrogens is 296 g/mol. The smallest absolute Gasteiger partial charge is 0.271 e. The van der Waals surface area contributed by atoms with E-state index in [9.17, 15) is 8.42 Å². The highest BCUT2D eigenvalue weighted by Crippen LogP contribution is 2.19. The van der Waals surface area contributed by atoms with Crippen LogP contribution in [0.2, 0.25) is 0 Å². The summed E-state index contributed by atoms with van der Waals surface area (Å²) >= 11 is 1.17. The third kappa shape index (κ3) is 3.82. The highest BCUT2D eigenvalue weighted by molar-refractivity contribution is 7.94. The normalized spacial score (nSPS) is 11.2. The van der Waals surface area contributed by atoms with E-state index in [4.69, 9.17) is 5.26 Å². The Morgan fingerprint density at radius 3 is 3.00 bits per heavy atom. The van der Waals surface area contributed by atoms with Gasteiger partial charge in [0, 0.05) is 19.2 Å². The van der Waals surface area contributed by atoms with Crippen molar-refractivity contribution >= 4 is 27.0 Å². The van der Waals surface area contributed by atoms with Gasteiger partial charge < -0.3 is 0 Å². The molecule has 0 unspecified atom stereocenters. The summed E-state index contributed by atoms with van der Waals surface area (Å²) < 4.78 is 28.4. The lowest BCUT2D eigenvalue weighted by Gasteiger charge is -2.02. The quantitative estimate of drug-likeness (QED) is 0.796. The van der Waals surface area contributed by atoms with Crippen molar-refractivity contribution in [1.82, 2.24) is 9.78 Å². The van der Waals surface area contributed by atoms with Gasteiger partial charge >= 0.3 is 0 Å². The van der Waals surface area contributed by atoms with Crippen molar-refractivity contribution in [1.29, 1.82) is 5.26 Å². The molecule has 0 saturated heterocycles. The van der Waals surface area contributed by atoms with Gasteiger partial charge in [0.15, 0.2) is 0 Å². The van der Waals surface area contributed by atoms with Crippen LogP contribution in [0.1, 0.15) is 19.3 Å². The molecule has 2 aromatic rings. The molecule has 0 aromatic carbocycles. The molecule has 106 valence electrons. The van der Waals surface area contributed by atoms with E-state index in [0.29, 0.717) is 18.7 Å². The van der Waals surface area contributed by atoms with Crippen molar-refractivity contribution in [3.8, 4) is 6.07 Å². The maximum absolute atomic E-state index is 12.0. The minimum atomic E-state index is -3.51. The Morgan fingerprint density at radius 1 is 1.45 bits per heavy atom. The summed E-state index contributed by atoms with van der Waals surface area (Å²) in [6.07, 6.45) is 5.31. The predicted octanol–water partition coefficient (Wildman–Crippen LogP) is 2.44. The number of nitrogens with one attached hydrogen (secondary N) is 1. The molecule has 0 radical (unpaired) electrons. The number of nitriles is 1. The number of aryl methyl sites for hydroxylation is 1. The van der Waals surface area contributed by atoms with Crippen LogP contribution < -0.4 is 4.72 Å². The Hall–Kier alpha value is -1.85. The topological polar surface area (TPSA) is 87.8 Å². The van der Waals surface area contributed by atoms with Gasteiger partial charge in [-0.25, -0.2) is 8.42 Å². The summed E-state index contributed by atoms with van der Waals surface area (Å²) in [4.78, 5) is 0. The predicted molar refractivity (Wildman–Crippen MR) is 76.8 cm³/mol. The Balaban J connectivity index is 1.95. The SMILES string of the molecule is N#CCCCCn1cc(NS(=O)(=O)c2cccs2)cn1. The van der Waals surface area contributed by atoms with Crippen LogP contribution in [0.5, 0.6) is 0 Å². The van der Waals surface area contributed by atoms with Crippen LogP contribution in [-0.4, -0.2) is 18.2 Å². The fourth-order valence-electron chi connectivity index (χ4n) is 1.64. The average Bonchev–Trinajstić information content (AvgIpc) is 3.05. The van der Waals surface area contributed by atoms with Gasteiger partial charge in [0.2, 0.25) is 0 Å². The van der Waals surface area contributed by atoms with Crippen LogP contribution in [0.4, 0.5) is 5.69 Å². The first-order chi connectivity index (χ1) is 9.62. The van der Waals surface area contributed by atoms with Crippen LogP contribution >= 0.6 is 11.3 Å². The Morgan fingerprint density at radius 2 is 2.30 bits per heavy atom. The molecule has 0 spiro atoms. The molecule has 0 saturated carbocycles. The standard InChI is InChI=1S/C12H14N4O2S2/c13-6-2-1-3-7-16-10-11(9-14-16)15-20(17,18)12-5-4-8-19-12/h4-5,8-10,15H,1-3,7H2. The Bertz CT molecular complexity index is 683. The molecule has 0 amide bonds. The van der Waals surface area contributed by atoms with Crippen LogP contribution in [0.3, 0.4) is 0 Å². The third-order valence-corrected chi connectivity index (χ3v) is 5.35. The lowest BCUT2D eigenvalue weighted by Crippen LogP contribution is -2.10. The average molecular weight is 310 g/mol. The summed E-state index contributed by atoms with van der Waals surface area (Å²) in [5, 5.41) is 14.2. The second-order valence-electron chi connectivity index (χ2n) is 4.14. The molecule has 0 aliphatic rings. The van der Waals surface area contributed by atoms with E-state index in [1.165, 1.54) is 17.5 Å². The van der Waals surface area contributed by atoms with Crippen molar-refractivity contribution in [3.63, 3.8) is 0 Å². The van der Waals surface area contributed by atoms with Crippen molar-refractivity contribution in [3.05, 3.63) is 29.9 Å². The number of hydrogen-bond donors (Lipinski definition) is 1. The molecule has 0 bridgehead atoms. The zero-order valence-electron chi connectivity index (χ0n) is 10.7. The lowest BCUT2D eigenvalue weighted by atomic mass is 10.2. The van der Waals surface area contributed by atoms with Gasteiger partial charge in [-0.1, -0.05) is 6.07 Å². The number of unbranched alkanes of at least 4 members (excludes halogenated alkanes) is 2. The van der Waals surface area contributed by atoms with E-state index in [2.05, 4.69) is 15.9 Å². The van der Waals surface area contributed by atoms with Crippen molar-refractivity contribution in [2.24, 2.45) is 0 Å². The second-order valence-corrected chi connectivity index (χ2v) is 7.00. The monoisotopic (exact) mass is 310 g/mol. The van der Waals surface area contributed by atoms with Gasteiger partial charge in [-0.05, 0) is 24.3 Å².